The third-order valence-corrected chi connectivity index (χ3v) is 2.65. The van der Waals surface area contributed by atoms with Crippen molar-refractivity contribution in [3.05, 3.63) is 41.2 Å². The van der Waals surface area contributed by atoms with Crippen LogP contribution in [0.15, 0.2) is 24.5 Å². The molecule has 0 aliphatic heterocycles. The van der Waals surface area contributed by atoms with E-state index < -0.39 is 5.82 Å². The summed E-state index contributed by atoms with van der Waals surface area (Å²) in [4.78, 5) is 4.16. The summed E-state index contributed by atoms with van der Waals surface area (Å²) in [5, 5.41) is 0.0272. The van der Waals surface area contributed by atoms with Crippen LogP contribution in [0.5, 0.6) is 0 Å². The molecule has 0 aliphatic rings. The molecule has 1 aromatic heterocycles. The zero-order chi connectivity index (χ0) is 11.7. The zero-order valence-corrected chi connectivity index (χ0v) is 9.50. The van der Waals surface area contributed by atoms with Gasteiger partial charge in [-0.2, -0.15) is 0 Å². The van der Waals surface area contributed by atoms with Crippen LogP contribution in [0.3, 0.4) is 0 Å². The molecule has 1 heterocycles. The van der Waals surface area contributed by atoms with Gasteiger partial charge in [0.2, 0.25) is 0 Å². The number of rotatable bonds is 2. The molecule has 0 unspecified atom stereocenters. The van der Waals surface area contributed by atoms with E-state index in [1.54, 1.807) is 17.0 Å². The van der Waals surface area contributed by atoms with Crippen molar-refractivity contribution in [2.75, 3.05) is 5.73 Å². The second-order valence-corrected chi connectivity index (χ2v) is 3.80. The van der Waals surface area contributed by atoms with E-state index in [1.807, 2.05) is 6.92 Å². The number of aromatic nitrogens is 2. The van der Waals surface area contributed by atoms with E-state index >= 15 is 0 Å². The molecule has 16 heavy (non-hydrogen) atoms. The van der Waals surface area contributed by atoms with E-state index in [-0.39, 0.29) is 5.02 Å². The number of anilines is 1. The number of halogens is 2. The van der Waals surface area contributed by atoms with E-state index in [9.17, 15) is 4.39 Å². The average Bonchev–Trinajstić information content (AvgIpc) is 2.71. The highest BCUT2D eigenvalue weighted by molar-refractivity contribution is 6.31. The van der Waals surface area contributed by atoms with Gasteiger partial charge in [0.25, 0.3) is 0 Å². The largest absolute Gasteiger partial charge is 0.397 e. The topological polar surface area (TPSA) is 43.8 Å². The first-order chi connectivity index (χ1) is 7.63. The van der Waals surface area contributed by atoms with Crippen LogP contribution >= 0.6 is 11.6 Å². The molecule has 1 aromatic carbocycles. The standard InChI is InChI=1S/C11H11ClFN3/c1-2-11-15-3-4-16(11)10-6-8(13)7(12)5-9(10)14/h3-6H,2,14H2,1H3. The molecule has 0 amide bonds. The molecular weight excluding hydrogens is 229 g/mol. The van der Waals surface area contributed by atoms with Crippen molar-refractivity contribution >= 4 is 17.3 Å². The molecule has 84 valence electrons. The third-order valence-electron chi connectivity index (χ3n) is 2.36. The van der Waals surface area contributed by atoms with Gasteiger partial charge >= 0.3 is 0 Å². The van der Waals surface area contributed by atoms with Gasteiger partial charge in [-0.25, -0.2) is 9.37 Å². The molecule has 2 N–H and O–H groups in total. The number of hydrogen-bond acceptors (Lipinski definition) is 2. The Bertz CT molecular complexity index is 522. The summed E-state index contributed by atoms with van der Waals surface area (Å²) < 4.78 is 15.1. The van der Waals surface area contributed by atoms with Crippen LogP contribution in [-0.2, 0) is 6.42 Å². The Hall–Kier alpha value is -1.55. The van der Waals surface area contributed by atoms with Crippen molar-refractivity contribution in [1.82, 2.24) is 9.55 Å². The maximum Gasteiger partial charge on any atom is 0.144 e. The van der Waals surface area contributed by atoms with Crippen LogP contribution in [-0.4, -0.2) is 9.55 Å². The van der Waals surface area contributed by atoms with Gasteiger partial charge in [-0.3, -0.25) is 0 Å². The van der Waals surface area contributed by atoms with E-state index in [4.69, 9.17) is 17.3 Å². The van der Waals surface area contributed by atoms with Gasteiger partial charge < -0.3 is 10.3 Å². The van der Waals surface area contributed by atoms with Crippen LogP contribution < -0.4 is 5.73 Å². The van der Waals surface area contributed by atoms with Crippen LogP contribution in [0.25, 0.3) is 5.69 Å². The number of nitrogen functional groups attached to an aromatic ring is 1. The van der Waals surface area contributed by atoms with E-state index in [0.717, 1.165) is 12.2 Å². The highest BCUT2D eigenvalue weighted by Gasteiger charge is 2.10. The molecular formula is C11H11ClFN3. The fourth-order valence-corrected chi connectivity index (χ4v) is 1.75. The van der Waals surface area contributed by atoms with Crippen molar-refractivity contribution in [2.45, 2.75) is 13.3 Å². The Kier molecular flexibility index (Phi) is 2.83. The Morgan fingerprint density at radius 3 is 2.94 bits per heavy atom. The van der Waals surface area contributed by atoms with Crippen LogP contribution in [0, 0.1) is 5.82 Å². The van der Waals surface area contributed by atoms with Gasteiger partial charge in [-0.15, -0.1) is 0 Å². The van der Waals surface area contributed by atoms with Gasteiger partial charge in [0, 0.05) is 24.9 Å². The molecule has 0 radical (unpaired) electrons. The summed E-state index contributed by atoms with van der Waals surface area (Å²) in [5.74, 6) is 0.343. The second kappa shape index (κ2) is 4.14. The smallest absolute Gasteiger partial charge is 0.144 e. The summed E-state index contributed by atoms with van der Waals surface area (Å²) in [6.07, 6.45) is 4.15. The predicted molar refractivity (Wildman–Crippen MR) is 62.3 cm³/mol. The third kappa shape index (κ3) is 1.76. The Balaban J connectivity index is 2.60. The monoisotopic (exact) mass is 239 g/mol. The molecule has 0 fully saturated rings. The van der Waals surface area contributed by atoms with Gasteiger partial charge in [0.1, 0.15) is 11.6 Å². The summed E-state index contributed by atoms with van der Waals surface area (Å²) in [7, 11) is 0. The molecule has 0 spiro atoms. The second-order valence-electron chi connectivity index (χ2n) is 3.39. The molecule has 2 aromatic rings. The lowest BCUT2D eigenvalue weighted by Crippen LogP contribution is -2.03. The normalized spacial score (nSPS) is 10.7. The van der Waals surface area contributed by atoms with Crippen molar-refractivity contribution in [2.24, 2.45) is 0 Å². The molecule has 0 atom stereocenters. The molecule has 0 bridgehead atoms. The van der Waals surface area contributed by atoms with Crippen LogP contribution in [0.2, 0.25) is 5.02 Å². The number of hydrogen-bond donors (Lipinski definition) is 1. The van der Waals surface area contributed by atoms with Crippen molar-refractivity contribution in [3.8, 4) is 5.69 Å². The first kappa shape index (κ1) is 11.0. The van der Waals surface area contributed by atoms with E-state index in [1.165, 1.54) is 12.1 Å². The summed E-state index contributed by atoms with van der Waals surface area (Å²) in [6.45, 7) is 1.97. The van der Waals surface area contributed by atoms with Crippen molar-refractivity contribution in [1.29, 1.82) is 0 Å². The molecule has 0 saturated carbocycles. The maximum absolute atomic E-state index is 13.4. The minimum absolute atomic E-state index is 0.0272. The number of nitrogens with two attached hydrogens (primary N) is 1. The maximum atomic E-state index is 13.4. The van der Waals surface area contributed by atoms with E-state index in [2.05, 4.69) is 4.98 Å². The fraction of sp³-hybridized carbons (Fsp3) is 0.182. The van der Waals surface area contributed by atoms with E-state index in [0.29, 0.717) is 11.4 Å². The quantitative estimate of drug-likeness (QED) is 0.819. The average molecular weight is 240 g/mol. The highest BCUT2D eigenvalue weighted by atomic mass is 35.5. The Morgan fingerprint density at radius 1 is 1.50 bits per heavy atom. The summed E-state index contributed by atoms with van der Waals surface area (Å²) >= 11 is 5.64. The lowest BCUT2D eigenvalue weighted by molar-refractivity contribution is 0.627. The SMILES string of the molecule is CCc1nccn1-c1cc(F)c(Cl)cc1N. The number of nitrogens with zero attached hydrogens (tertiary/aromatic N) is 2. The molecule has 5 heteroatoms. The zero-order valence-electron chi connectivity index (χ0n) is 8.74. The summed E-state index contributed by atoms with van der Waals surface area (Å²) in [6, 6.07) is 2.73. The highest BCUT2D eigenvalue weighted by Crippen LogP contribution is 2.25. The minimum atomic E-state index is -0.485. The van der Waals surface area contributed by atoms with Gasteiger partial charge in [0.15, 0.2) is 0 Å². The van der Waals surface area contributed by atoms with Gasteiger partial charge in [0.05, 0.1) is 16.4 Å². The lowest BCUT2D eigenvalue weighted by Gasteiger charge is -2.10. The lowest BCUT2D eigenvalue weighted by atomic mass is 10.2. The molecule has 3 nitrogen and oxygen atoms in total. The van der Waals surface area contributed by atoms with Crippen molar-refractivity contribution in [3.63, 3.8) is 0 Å². The van der Waals surface area contributed by atoms with Crippen LogP contribution in [0.4, 0.5) is 10.1 Å². The first-order valence-electron chi connectivity index (χ1n) is 4.90. The molecule has 0 aliphatic carbocycles. The van der Waals surface area contributed by atoms with Gasteiger partial charge in [-0.1, -0.05) is 18.5 Å². The van der Waals surface area contributed by atoms with Crippen LogP contribution in [0.1, 0.15) is 12.7 Å². The molecule has 0 saturated heterocycles. The number of aryl methyl sites for hydroxylation is 1. The Morgan fingerprint density at radius 2 is 2.25 bits per heavy atom. The number of imidazole rings is 1. The predicted octanol–water partition coefficient (Wildman–Crippen LogP) is 2.81. The van der Waals surface area contributed by atoms with Gasteiger partial charge in [-0.05, 0) is 6.07 Å². The minimum Gasteiger partial charge on any atom is -0.397 e. The summed E-state index contributed by atoms with van der Waals surface area (Å²) in [5.41, 5.74) is 6.80. The first-order valence-corrected chi connectivity index (χ1v) is 5.28. The number of benzene rings is 1. The molecule has 2 rings (SSSR count). The fourth-order valence-electron chi connectivity index (χ4n) is 1.58. The van der Waals surface area contributed by atoms with Crippen molar-refractivity contribution < 1.29 is 4.39 Å². The Labute approximate surface area is 97.7 Å².